The van der Waals surface area contributed by atoms with Crippen LogP contribution in [0.1, 0.15) is 89.2 Å². The molecule has 3 aliphatic rings. The maximum absolute atomic E-state index is 12.0. The largest absolute Gasteiger partial charge is 0.508 e. The van der Waals surface area contributed by atoms with Crippen molar-refractivity contribution >= 4 is 0 Å². The average molecular weight is 573 g/mol. The van der Waals surface area contributed by atoms with Crippen molar-refractivity contribution in [3.63, 3.8) is 0 Å². The van der Waals surface area contributed by atoms with Crippen molar-refractivity contribution in [2.45, 2.75) is 95.9 Å². The van der Waals surface area contributed by atoms with Crippen LogP contribution in [-0.2, 0) is 5.60 Å². The number of hydrogen-bond acceptors (Lipinski definition) is 5. The molecule has 5 heteroatoms. The lowest BCUT2D eigenvalue weighted by atomic mass is 9.60. The van der Waals surface area contributed by atoms with Crippen molar-refractivity contribution in [2.75, 3.05) is 0 Å². The van der Waals surface area contributed by atoms with Gasteiger partial charge in [-0.3, -0.25) is 0 Å². The van der Waals surface area contributed by atoms with Gasteiger partial charge in [-0.05, 0) is 122 Å². The molecule has 42 heavy (non-hydrogen) atoms. The highest BCUT2D eigenvalue weighted by Crippen LogP contribution is 2.60. The fourth-order valence-corrected chi connectivity index (χ4v) is 8.45. The Morgan fingerprint density at radius 3 is 2.07 bits per heavy atom. The van der Waals surface area contributed by atoms with E-state index in [2.05, 4.69) is 32.6 Å². The number of phenols is 2. The molecule has 5 N–H and O–H groups in total. The number of aliphatic hydroxyl groups excluding tert-OH is 2. The molecule has 0 aliphatic heterocycles. The highest BCUT2D eigenvalue weighted by atomic mass is 16.3. The summed E-state index contributed by atoms with van der Waals surface area (Å²) in [5.74, 6) is 2.05. The molecule has 0 amide bonds. The quantitative estimate of drug-likeness (QED) is 0.214. The van der Waals surface area contributed by atoms with E-state index in [0.717, 1.165) is 36.0 Å². The minimum absolute atomic E-state index is 0.168. The minimum Gasteiger partial charge on any atom is -0.508 e. The Hall–Kier alpha value is -2.86. The summed E-state index contributed by atoms with van der Waals surface area (Å²) >= 11 is 0. The molecular formula is C37H48O5. The molecular weight excluding hydrogens is 524 g/mol. The van der Waals surface area contributed by atoms with Crippen LogP contribution in [0.3, 0.4) is 0 Å². The van der Waals surface area contributed by atoms with E-state index in [1.807, 2.05) is 0 Å². The van der Waals surface area contributed by atoms with Crippen molar-refractivity contribution in [1.82, 2.24) is 0 Å². The van der Waals surface area contributed by atoms with Gasteiger partial charge >= 0.3 is 0 Å². The molecule has 0 radical (unpaired) electrons. The van der Waals surface area contributed by atoms with Crippen LogP contribution in [0.25, 0.3) is 0 Å². The number of benzene rings is 2. The number of rotatable bonds is 8. The average Bonchev–Trinajstić information content (AvgIpc) is 3.32. The van der Waals surface area contributed by atoms with Crippen LogP contribution in [0.4, 0.5) is 0 Å². The van der Waals surface area contributed by atoms with Crippen molar-refractivity contribution in [3.8, 4) is 11.5 Å². The van der Waals surface area contributed by atoms with Crippen molar-refractivity contribution < 1.29 is 25.5 Å². The Morgan fingerprint density at radius 2 is 1.50 bits per heavy atom. The summed E-state index contributed by atoms with van der Waals surface area (Å²) in [5, 5.41) is 52.1. The third-order valence-electron chi connectivity index (χ3n) is 10.9. The molecule has 5 nitrogen and oxygen atoms in total. The minimum atomic E-state index is -1.20. The van der Waals surface area contributed by atoms with Crippen LogP contribution in [-0.4, -0.2) is 37.7 Å². The van der Waals surface area contributed by atoms with Gasteiger partial charge in [0.15, 0.2) is 0 Å². The van der Waals surface area contributed by atoms with E-state index in [4.69, 9.17) is 0 Å². The number of phenolic OH excluding ortho intramolecular Hbond substituents is 2. The first kappa shape index (κ1) is 30.6. The van der Waals surface area contributed by atoms with Gasteiger partial charge in [0.2, 0.25) is 0 Å². The molecule has 6 atom stereocenters. The zero-order valence-electron chi connectivity index (χ0n) is 25.2. The summed E-state index contributed by atoms with van der Waals surface area (Å²) in [6.45, 7) is 8.71. The number of fused-ring (bicyclic) bond motifs is 1. The van der Waals surface area contributed by atoms with Gasteiger partial charge in [-0.15, -0.1) is 0 Å². The predicted molar refractivity (Wildman–Crippen MR) is 167 cm³/mol. The summed E-state index contributed by atoms with van der Waals surface area (Å²) in [6, 6.07) is 13.6. The molecule has 0 spiro atoms. The molecule has 0 unspecified atom stereocenters. The summed E-state index contributed by atoms with van der Waals surface area (Å²) in [4.78, 5) is 0. The van der Waals surface area contributed by atoms with Gasteiger partial charge in [-0.25, -0.2) is 0 Å². The second-order valence-electron chi connectivity index (χ2n) is 13.5. The van der Waals surface area contributed by atoms with E-state index < -0.39 is 17.8 Å². The molecule has 2 aromatic rings. The van der Waals surface area contributed by atoms with E-state index >= 15 is 0 Å². The monoisotopic (exact) mass is 572 g/mol. The number of aliphatic hydroxyl groups is 3. The van der Waals surface area contributed by atoms with Crippen molar-refractivity contribution in [1.29, 1.82) is 0 Å². The first-order valence-electron chi connectivity index (χ1n) is 15.8. The van der Waals surface area contributed by atoms with E-state index in [1.54, 1.807) is 48.5 Å². The van der Waals surface area contributed by atoms with Crippen LogP contribution in [0.15, 0.2) is 84.0 Å². The first-order valence-corrected chi connectivity index (χ1v) is 15.8. The van der Waals surface area contributed by atoms with Crippen LogP contribution in [0.5, 0.6) is 11.5 Å². The van der Waals surface area contributed by atoms with Gasteiger partial charge in [-0.1, -0.05) is 74.4 Å². The van der Waals surface area contributed by atoms with Gasteiger partial charge in [0.25, 0.3) is 0 Å². The molecule has 226 valence electrons. The summed E-state index contributed by atoms with van der Waals surface area (Å²) < 4.78 is 0. The summed E-state index contributed by atoms with van der Waals surface area (Å²) in [6.07, 6.45) is 12.7. The molecule has 3 fully saturated rings. The Morgan fingerprint density at radius 1 is 0.929 bits per heavy atom. The molecule has 3 saturated carbocycles. The molecule has 2 aromatic carbocycles. The molecule has 3 aliphatic carbocycles. The van der Waals surface area contributed by atoms with Gasteiger partial charge < -0.3 is 25.5 Å². The second-order valence-corrected chi connectivity index (χ2v) is 13.5. The fraction of sp³-hybridized carbons (Fsp3) is 0.514. The molecule has 0 aromatic heterocycles. The van der Waals surface area contributed by atoms with E-state index in [1.165, 1.54) is 31.3 Å². The Balaban J connectivity index is 1.27. The molecule has 0 heterocycles. The van der Waals surface area contributed by atoms with Crippen LogP contribution >= 0.6 is 0 Å². The maximum Gasteiger partial charge on any atom is 0.115 e. The Kier molecular flexibility index (Phi) is 9.03. The zero-order chi connectivity index (χ0) is 30.1. The summed E-state index contributed by atoms with van der Waals surface area (Å²) in [5.41, 5.74) is 3.68. The lowest BCUT2D eigenvalue weighted by Gasteiger charge is -2.44. The van der Waals surface area contributed by atoms with Crippen LogP contribution < -0.4 is 0 Å². The normalized spacial score (nSPS) is 29.9. The third kappa shape index (κ3) is 6.10. The van der Waals surface area contributed by atoms with Crippen molar-refractivity contribution in [2.24, 2.45) is 23.2 Å². The first-order chi connectivity index (χ1) is 20.0. The Bertz CT molecular complexity index is 1250. The van der Waals surface area contributed by atoms with Crippen molar-refractivity contribution in [3.05, 3.63) is 95.1 Å². The third-order valence-corrected chi connectivity index (χ3v) is 10.9. The van der Waals surface area contributed by atoms with Gasteiger partial charge in [0.05, 0.1) is 12.2 Å². The smallest absolute Gasteiger partial charge is 0.115 e. The number of aromatic hydroxyl groups is 2. The van der Waals surface area contributed by atoms with Gasteiger partial charge in [0.1, 0.15) is 17.1 Å². The van der Waals surface area contributed by atoms with Crippen LogP contribution in [0, 0.1) is 23.2 Å². The molecule has 5 rings (SSSR count). The van der Waals surface area contributed by atoms with E-state index in [-0.39, 0.29) is 16.9 Å². The number of hydrogen-bond donors (Lipinski definition) is 5. The zero-order valence-corrected chi connectivity index (χ0v) is 25.2. The fourth-order valence-electron chi connectivity index (χ4n) is 8.45. The number of allylic oxidation sites excluding steroid dienone is 3. The maximum atomic E-state index is 12.0. The lowest BCUT2D eigenvalue weighted by Crippen LogP contribution is -2.36. The highest BCUT2D eigenvalue weighted by molar-refractivity contribution is 5.40. The van der Waals surface area contributed by atoms with E-state index in [9.17, 15) is 25.5 Å². The molecule has 0 bridgehead atoms. The van der Waals surface area contributed by atoms with Gasteiger partial charge in [-0.2, -0.15) is 0 Å². The topological polar surface area (TPSA) is 101 Å². The lowest BCUT2D eigenvalue weighted by molar-refractivity contribution is 0.0593. The summed E-state index contributed by atoms with van der Waals surface area (Å²) in [7, 11) is 0. The SMILES string of the molecule is C=C1[C@H](O)CC(=C/C=C2\CCC[C@]3(C)[C@@H]([C@H](C)CCCC(O)(c4ccc(O)cc4)c4ccc(O)cc4)CC[C@@H]23)C[C@H]1O. The highest BCUT2D eigenvalue weighted by Gasteiger charge is 2.50. The standard InChI is InChI=1S/C37H48O5/c1-24(6-4-21-37(42,28-10-14-30(38)15-11-28)29-12-16-31(39)17-13-29)32-18-19-33-27(7-5-20-36(32,33)3)9-8-26-22-34(40)25(2)35(41)23-26/h8-17,24,32-35,38-42H,2,4-7,18-23H2,1,3H3/b27-9+/t24-,32-,33+,34-,35-,36-/m1/s1. The van der Waals surface area contributed by atoms with Gasteiger partial charge in [0, 0.05) is 0 Å². The van der Waals surface area contributed by atoms with Crippen LogP contribution in [0.2, 0.25) is 0 Å². The van der Waals surface area contributed by atoms with E-state index in [0.29, 0.717) is 42.6 Å². The second kappa shape index (κ2) is 12.4. The molecule has 0 saturated heterocycles. The predicted octanol–water partition coefficient (Wildman–Crippen LogP) is 7.28. The Labute approximate surface area is 250 Å².